The number of carbonyl (C=O) groups is 3. The maximum Gasteiger partial charge on any atom is 0.444 e. The molecule has 27 heteroatoms. The lowest BCUT2D eigenvalue weighted by Crippen LogP contribution is -2.34. The van der Waals surface area contributed by atoms with Crippen LogP contribution in [-0.4, -0.2) is 76.9 Å². The Labute approximate surface area is 343 Å². The molecule has 6 aromatic rings. The third kappa shape index (κ3) is 10.6. The van der Waals surface area contributed by atoms with Gasteiger partial charge in [0.05, 0.1) is 28.5 Å². The van der Waals surface area contributed by atoms with Crippen molar-refractivity contribution >= 4 is 105 Å². The zero-order chi connectivity index (χ0) is 44.4. The monoisotopic (exact) mass is 894 g/mol. The molecule has 0 aliphatic carbocycles. The zero-order valence-electron chi connectivity index (χ0n) is 30.6. The molecule has 0 unspecified atom stereocenters. The number of nitrogens with zero attached hydrogens (tertiary/aromatic N) is 6. The number of benzene rings is 4. The van der Waals surface area contributed by atoms with Crippen LogP contribution in [0.15, 0.2) is 116 Å². The summed E-state index contributed by atoms with van der Waals surface area (Å²) >= 11 is 0. The maximum absolute atomic E-state index is 12.4. The summed E-state index contributed by atoms with van der Waals surface area (Å²) in [4.78, 5) is 45.4. The summed E-state index contributed by atoms with van der Waals surface area (Å²) in [6, 6.07) is 14.6. The van der Waals surface area contributed by atoms with Crippen molar-refractivity contribution in [3.63, 3.8) is 0 Å². The average molecular weight is 895 g/mol. The van der Waals surface area contributed by atoms with Crippen LogP contribution in [0.3, 0.4) is 0 Å². The topological polar surface area (TPSA) is 376 Å². The van der Waals surface area contributed by atoms with Gasteiger partial charge in [-0.3, -0.25) is 18.5 Å². The van der Waals surface area contributed by atoms with E-state index in [0.717, 1.165) is 6.07 Å². The van der Waals surface area contributed by atoms with E-state index in [1.807, 2.05) is 0 Å². The number of carboxylic acid groups (broad SMARTS) is 1. The SMILES string of the molecule is CC(=O)Nc1cccc(Nc2nc(Nc3ccc(N=Nc4cc5c(S(=O)(=O)O)cc(S(=O)(=O)O)cc5cc4S(=O)(=O)O)c(NC(N)=O)c3)nc(-[n+]3cccc(C(=O)O)c3)n2)c1. The molecule has 2 heterocycles. The summed E-state index contributed by atoms with van der Waals surface area (Å²) in [6.45, 7) is 1.33. The van der Waals surface area contributed by atoms with Gasteiger partial charge in [-0.25, -0.2) is 14.2 Å². The Morgan fingerprint density at radius 2 is 1.33 bits per heavy atom. The summed E-state index contributed by atoms with van der Waals surface area (Å²) in [5, 5.41) is 27.2. The van der Waals surface area contributed by atoms with Gasteiger partial charge in [0.15, 0.2) is 0 Å². The van der Waals surface area contributed by atoms with Crippen LogP contribution in [0, 0.1) is 0 Å². The Hall–Kier alpha value is -7.56. The molecule has 61 heavy (non-hydrogen) atoms. The fourth-order valence-electron chi connectivity index (χ4n) is 5.46. The molecule has 10 N–H and O–H groups in total. The first-order valence-corrected chi connectivity index (χ1v) is 20.9. The molecule has 0 spiro atoms. The first kappa shape index (κ1) is 43.0. The number of anilines is 6. The number of amides is 3. The number of pyridine rings is 1. The second-order valence-electron chi connectivity index (χ2n) is 12.4. The number of rotatable bonds is 13. The van der Waals surface area contributed by atoms with Crippen LogP contribution in [0.2, 0.25) is 0 Å². The molecule has 4 aromatic carbocycles. The predicted octanol–water partition coefficient (Wildman–Crippen LogP) is 4.09. The van der Waals surface area contributed by atoms with E-state index >= 15 is 0 Å². The summed E-state index contributed by atoms with van der Waals surface area (Å²) in [5.74, 6) is -1.81. The number of aromatic carboxylic acids is 1. The molecule has 3 amide bonds. The highest BCUT2D eigenvalue weighted by Gasteiger charge is 2.25. The highest BCUT2D eigenvalue weighted by atomic mass is 32.2. The van der Waals surface area contributed by atoms with Crippen LogP contribution in [-0.2, 0) is 35.1 Å². The number of azo groups is 1. The fourth-order valence-corrected chi connectivity index (χ4v) is 7.45. The largest absolute Gasteiger partial charge is 0.478 e. The molecule has 0 radical (unpaired) electrons. The van der Waals surface area contributed by atoms with Crippen molar-refractivity contribution in [2.45, 2.75) is 21.6 Å². The van der Waals surface area contributed by atoms with Crippen LogP contribution in [0.1, 0.15) is 17.3 Å². The van der Waals surface area contributed by atoms with Gasteiger partial charge in [0, 0.05) is 29.4 Å². The normalized spacial score (nSPS) is 11.9. The average Bonchev–Trinajstić information content (AvgIpc) is 3.15. The molecule has 0 saturated heterocycles. The quantitative estimate of drug-likeness (QED) is 0.0447. The van der Waals surface area contributed by atoms with Gasteiger partial charge in [0.25, 0.3) is 30.4 Å². The van der Waals surface area contributed by atoms with Crippen LogP contribution >= 0.6 is 0 Å². The third-order valence-corrected chi connectivity index (χ3v) is 10.5. The zero-order valence-corrected chi connectivity index (χ0v) is 33.1. The van der Waals surface area contributed by atoms with Gasteiger partial charge < -0.3 is 32.1 Å². The van der Waals surface area contributed by atoms with Crippen molar-refractivity contribution in [2.75, 3.05) is 21.3 Å². The Morgan fingerprint density at radius 1 is 0.689 bits per heavy atom. The molecule has 0 fully saturated rings. The molecule has 24 nitrogen and oxygen atoms in total. The molecule has 314 valence electrons. The van der Waals surface area contributed by atoms with E-state index in [2.05, 4.69) is 46.4 Å². The number of urea groups is 1. The van der Waals surface area contributed by atoms with Crippen molar-refractivity contribution < 1.29 is 63.0 Å². The molecule has 2 aromatic heterocycles. The first-order valence-electron chi connectivity index (χ1n) is 16.6. The van der Waals surface area contributed by atoms with Gasteiger partial charge in [-0.15, -0.1) is 15.2 Å². The minimum atomic E-state index is -5.23. The molecule has 0 aliphatic heterocycles. The molecule has 6 rings (SSSR count). The van der Waals surface area contributed by atoms with Crippen molar-refractivity contribution in [2.24, 2.45) is 16.0 Å². The summed E-state index contributed by atoms with van der Waals surface area (Å²) in [7, 11) is -15.5. The van der Waals surface area contributed by atoms with Crippen LogP contribution in [0.25, 0.3) is 16.7 Å². The lowest BCUT2D eigenvalue weighted by atomic mass is 10.1. The van der Waals surface area contributed by atoms with Gasteiger partial charge in [-0.1, -0.05) is 6.07 Å². The Morgan fingerprint density at radius 3 is 1.93 bits per heavy atom. The molecule has 0 aliphatic rings. The summed E-state index contributed by atoms with van der Waals surface area (Å²) in [6.07, 6.45) is 2.73. The van der Waals surface area contributed by atoms with E-state index in [-0.39, 0.29) is 46.4 Å². The Bertz CT molecular complexity index is 3190. The maximum atomic E-state index is 12.4. The lowest BCUT2D eigenvalue weighted by Gasteiger charge is -2.11. The molecular weight excluding hydrogens is 867 g/mol. The van der Waals surface area contributed by atoms with Gasteiger partial charge in [-0.2, -0.15) is 25.3 Å². The Balaban J connectivity index is 1.42. The summed E-state index contributed by atoms with van der Waals surface area (Å²) < 4.78 is 104. The highest BCUT2D eigenvalue weighted by molar-refractivity contribution is 7.87. The summed E-state index contributed by atoms with van der Waals surface area (Å²) in [5.41, 5.74) is 5.23. The molecule has 0 saturated carbocycles. The second-order valence-corrected chi connectivity index (χ2v) is 16.6. The standard InChI is InChI=1S/C34H27N11O13S3/c1-17(46)36-20-5-2-6-21(12-20)37-32-40-33(42-34(41-32)45-9-3-4-18(16-45)30(47)48)38-22-7-8-25(26(13-22)39-31(35)49)43-44-27-15-24-19(11-29(27)61(56,57)58)10-23(59(50,51)52)14-28(24)60(53,54)55/h2-16H,1H3,(H9-,35,36,37,38,39,40,41,42,44,46,47,48,49,50,51,52,53,54,55,56,57,58)/p+1. The minimum absolute atomic E-state index is 0.0574. The van der Waals surface area contributed by atoms with Gasteiger partial charge in [-0.05, 0) is 88.2 Å². The number of fused-ring (bicyclic) bond motifs is 1. The van der Waals surface area contributed by atoms with E-state index in [1.54, 1.807) is 24.3 Å². The number of hydrogen-bond donors (Lipinski definition) is 9. The van der Waals surface area contributed by atoms with E-state index in [4.69, 9.17) is 5.73 Å². The number of primary amides is 1. The van der Waals surface area contributed by atoms with Crippen LogP contribution < -0.4 is 31.6 Å². The van der Waals surface area contributed by atoms with Crippen molar-refractivity contribution in [3.05, 3.63) is 96.8 Å². The molecular formula is C34H28N11O13S3+. The molecule has 0 atom stereocenters. The first-order chi connectivity index (χ1) is 28.5. The van der Waals surface area contributed by atoms with E-state index < -0.39 is 73.5 Å². The molecule has 0 bridgehead atoms. The highest BCUT2D eigenvalue weighted by Crippen LogP contribution is 2.37. The second kappa shape index (κ2) is 16.6. The van der Waals surface area contributed by atoms with Crippen LogP contribution in [0.4, 0.5) is 50.8 Å². The smallest absolute Gasteiger partial charge is 0.444 e. The van der Waals surface area contributed by atoms with E-state index in [0.29, 0.717) is 29.6 Å². The van der Waals surface area contributed by atoms with Crippen LogP contribution in [0.5, 0.6) is 0 Å². The number of carboxylic acids is 1. The van der Waals surface area contributed by atoms with Gasteiger partial charge in [0.2, 0.25) is 5.91 Å². The minimum Gasteiger partial charge on any atom is -0.478 e. The lowest BCUT2D eigenvalue weighted by molar-refractivity contribution is -0.603. The number of nitrogens with one attached hydrogen (secondary N) is 4. The van der Waals surface area contributed by atoms with E-state index in [9.17, 15) is 58.4 Å². The van der Waals surface area contributed by atoms with Crippen molar-refractivity contribution in [1.82, 2.24) is 15.0 Å². The number of carbonyl (C=O) groups excluding carboxylic acids is 2. The van der Waals surface area contributed by atoms with Gasteiger partial charge in [0.1, 0.15) is 21.2 Å². The van der Waals surface area contributed by atoms with Gasteiger partial charge >= 0.3 is 29.8 Å². The Kier molecular flexibility index (Phi) is 11.7. The third-order valence-electron chi connectivity index (χ3n) is 7.94. The predicted molar refractivity (Wildman–Crippen MR) is 213 cm³/mol. The van der Waals surface area contributed by atoms with Crippen molar-refractivity contribution in [3.8, 4) is 5.95 Å². The number of nitrogens with two attached hydrogens (primary N) is 1. The fraction of sp³-hybridized carbons (Fsp3) is 0.0294. The van der Waals surface area contributed by atoms with Crippen molar-refractivity contribution in [1.29, 1.82) is 0 Å². The van der Waals surface area contributed by atoms with E-state index in [1.165, 1.54) is 54.2 Å². The number of hydrogen-bond acceptors (Lipinski definition) is 16. The number of aromatic nitrogens is 4.